The highest BCUT2D eigenvalue weighted by atomic mass is 16.6. The first-order chi connectivity index (χ1) is 12.4. The molecule has 2 heterocycles. The van der Waals surface area contributed by atoms with Gasteiger partial charge in [0, 0.05) is 12.7 Å². The summed E-state index contributed by atoms with van der Waals surface area (Å²) in [6.45, 7) is 7.47. The summed E-state index contributed by atoms with van der Waals surface area (Å²) in [7, 11) is 1.00. The smallest absolute Gasteiger partial charge is 0.346 e. The van der Waals surface area contributed by atoms with Crippen LogP contribution in [-0.2, 0) is 9.47 Å². The molecule has 26 heavy (non-hydrogen) atoms. The summed E-state index contributed by atoms with van der Waals surface area (Å²) in [5.41, 5.74) is 4.23. The highest BCUT2D eigenvalue weighted by Crippen LogP contribution is 2.28. The maximum atomic E-state index is 11.1. The van der Waals surface area contributed by atoms with Gasteiger partial charge in [-0.25, -0.2) is 14.4 Å². The van der Waals surface area contributed by atoms with Crippen LogP contribution in [0.3, 0.4) is 0 Å². The number of fused-ring (bicyclic) bond motifs is 2. The zero-order valence-corrected chi connectivity index (χ0v) is 14.7. The molecule has 2 aromatic rings. The van der Waals surface area contributed by atoms with Crippen LogP contribution >= 0.6 is 0 Å². The molecule has 6 heteroatoms. The van der Waals surface area contributed by atoms with Crippen molar-refractivity contribution in [1.82, 2.24) is 0 Å². The second-order valence-corrected chi connectivity index (χ2v) is 5.59. The van der Waals surface area contributed by atoms with Gasteiger partial charge in [-0.15, -0.1) is 0 Å². The lowest BCUT2D eigenvalue weighted by Gasteiger charge is -1.95. The second kappa shape index (κ2) is 7.76. The Morgan fingerprint density at radius 3 is 1.69 bits per heavy atom. The first kappa shape index (κ1) is 19.1. The molecular formula is C20H18O6. The van der Waals surface area contributed by atoms with Gasteiger partial charge in [-0.2, -0.15) is 0 Å². The highest BCUT2D eigenvalue weighted by molar-refractivity contribution is 6.14. The number of hydrogen-bond donors (Lipinski definition) is 1. The van der Waals surface area contributed by atoms with Gasteiger partial charge in [-0.3, -0.25) is 0 Å². The van der Waals surface area contributed by atoms with Gasteiger partial charge in [0.05, 0.1) is 16.7 Å². The number of esters is 3. The van der Waals surface area contributed by atoms with Crippen LogP contribution in [-0.4, -0.2) is 30.1 Å². The number of hydrogen-bond acceptors (Lipinski definition) is 6. The fraction of sp³-hybridized carbons (Fsp3) is 0.150. The van der Waals surface area contributed by atoms with Crippen molar-refractivity contribution in [2.45, 2.75) is 13.8 Å². The number of aliphatic hydroxyl groups excluding tert-OH is 1. The third-order valence-corrected chi connectivity index (χ3v) is 3.71. The molecule has 0 unspecified atom stereocenters. The summed E-state index contributed by atoms with van der Waals surface area (Å²) in [5, 5.41) is 7.00. The predicted molar refractivity (Wildman–Crippen MR) is 94.7 cm³/mol. The predicted octanol–water partition coefficient (Wildman–Crippen LogP) is 3.05. The van der Waals surface area contributed by atoms with E-state index in [1.807, 2.05) is 26.0 Å². The molecule has 0 aromatic heterocycles. The topological polar surface area (TPSA) is 89.9 Å². The molecule has 0 spiro atoms. The van der Waals surface area contributed by atoms with Gasteiger partial charge in [0.15, 0.2) is 0 Å². The molecule has 6 nitrogen and oxygen atoms in total. The van der Waals surface area contributed by atoms with Crippen molar-refractivity contribution in [2.75, 3.05) is 7.11 Å². The van der Waals surface area contributed by atoms with E-state index < -0.39 is 11.9 Å². The van der Waals surface area contributed by atoms with Gasteiger partial charge in [0.2, 0.25) is 0 Å². The van der Waals surface area contributed by atoms with Crippen LogP contribution in [0.4, 0.5) is 0 Å². The molecule has 2 aliphatic heterocycles. The van der Waals surface area contributed by atoms with E-state index in [2.05, 4.69) is 11.3 Å². The molecule has 1 N–H and O–H groups in total. The van der Waals surface area contributed by atoms with Gasteiger partial charge in [-0.05, 0) is 38.1 Å². The van der Waals surface area contributed by atoms with Gasteiger partial charge >= 0.3 is 17.9 Å². The third-order valence-electron chi connectivity index (χ3n) is 3.71. The average molecular weight is 354 g/mol. The highest BCUT2D eigenvalue weighted by Gasteiger charge is 2.29. The first-order valence-electron chi connectivity index (χ1n) is 7.71. The Morgan fingerprint density at radius 2 is 1.12 bits per heavy atom. The van der Waals surface area contributed by atoms with E-state index in [-0.39, 0.29) is 5.97 Å². The molecule has 2 aromatic carbocycles. The molecule has 0 fully saturated rings. The van der Waals surface area contributed by atoms with E-state index in [9.17, 15) is 14.4 Å². The largest absolute Gasteiger partial charge is 0.423 e. The Kier molecular flexibility index (Phi) is 5.69. The minimum absolute atomic E-state index is 0.296. The fourth-order valence-electron chi connectivity index (χ4n) is 2.49. The molecule has 0 radical (unpaired) electrons. The van der Waals surface area contributed by atoms with Crippen molar-refractivity contribution < 1.29 is 29.0 Å². The van der Waals surface area contributed by atoms with E-state index in [1.165, 1.54) is 0 Å². The molecule has 4 rings (SSSR count). The molecule has 0 saturated heterocycles. The minimum Gasteiger partial charge on any atom is -0.423 e. The number of benzene rings is 2. The average Bonchev–Trinajstić information content (AvgIpc) is 3.06. The zero-order valence-electron chi connectivity index (χ0n) is 14.7. The summed E-state index contributed by atoms with van der Waals surface area (Å²) < 4.78 is 9.26. The van der Waals surface area contributed by atoms with Crippen LogP contribution in [0.15, 0.2) is 43.0 Å². The van der Waals surface area contributed by atoms with E-state index in [1.54, 1.807) is 24.3 Å². The number of rotatable bonds is 0. The van der Waals surface area contributed by atoms with Crippen molar-refractivity contribution in [1.29, 1.82) is 0 Å². The first-order valence-corrected chi connectivity index (χ1v) is 7.71. The van der Waals surface area contributed by atoms with Crippen LogP contribution in [0.5, 0.6) is 0 Å². The van der Waals surface area contributed by atoms with E-state index in [0.29, 0.717) is 22.4 Å². The zero-order chi connectivity index (χ0) is 19.4. The lowest BCUT2D eigenvalue weighted by atomic mass is 10.1. The monoisotopic (exact) mass is 354 g/mol. The van der Waals surface area contributed by atoms with Crippen molar-refractivity contribution in [2.24, 2.45) is 0 Å². The minimum atomic E-state index is -0.546. The number of ether oxygens (including phenoxy) is 2. The standard InChI is InChI=1S/C10H8O2.C9H6O3.CH4O/c1-6-3-4-8-9(5-6)7(2)12-10(8)11;1-5-2-3-6-7(4-5)9(11)12-8(6)10;1-2/h3-5H,2H2,1H3;2-4H,1H3;2H,1H3. The lowest BCUT2D eigenvalue weighted by Crippen LogP contribution is -1.96. The summed E-state index contributed by atoms with van der Waals surface area (Å²) in [6.07, 6.45) is 0. The van der Waals surface area contributed by atoms with Crippen molar-refractivity contribution in [3.63, 3.8) is 0 Å². The normalized spacial score (nSPS) is 13.5. The molecular weight excluding hydrogens is 336 g/mol. The quantitative estimate of drug-likeness (QED) is 0.578. The molecule has 0 amide bonds. The molecule has 0 saturated carbocycles. The van der Waals surface area contributed by atoms with Crippen molar-refractivity contribution in [3.8, 4) is 0 Å². The summed E-state index contributed by atoms with van der Waals surface area (Å²) >= 11 is 0. The number of aryl methyl sites for hydroxylation is 2. The number of carbonyl (C=O) groups excluding carboxylic acids is 3. The maximum absolute atomic E-state index is 11.1. The Balaban J connectivity index is 0.000000171. The maximum Gasteiger partial charge on any atom is 0.346 e. The summed E-state index contributed by atoms with van der Waals surface area (Å²) in [5.74, 6) is -0.928. The van der Waals surface area contributed by atoms with Gasteiger partial charge in [0.1, 0.15) is 5.76 Å². The SMILES string of the molecule is C=C1OC(=O)c2ccc(C)cc21.CO.Cc1ccc2c(c1)C(=O)OC2=O. The Bertz CT molecular complexity index is 835. The number of cyclic esters (lactones) is 3. The lowest BCUT2D eigenvalue weighted by molar-refractivity contribution is 0.0443. The summed E-state index contributed by atoms with van der Waals surface area (Å²) in [6, 6.07) is 10.6. The molecule has 134 valence electrons. The van der Waals surface area contributed by atoms with Gasteiger partial charge in [0.25, 0.3) is 0 Å². The van der Waals surface area contributed by atoms with Crippen LogP contribution in [0.2, 0.25) is 0 Å². The van der Waals surface area contributed by atoms with E-state index >= 15 is 0 Å². The summed E-state index contributed by atoms with van der Waals surface area (Å²) in [4.78, 5) is 33.0. The van der Waals surface area contributed by atoms with Crippen LogP contribution in [0.25, 0.3) is 5.76 Å². The van der Waals surface area contributed by atoms with Crippen LogP contribution in [0, 0.1) is 13.8 Å². The Morgan fingerprint density at radius 1 is 0.692 bits per heavy atom. The molecule has 2 aliphatic rings. The number of aliphatic hydroxyl groups is 1. The van der Waals surface area contributed by atoms with Crippen molar-refractivity contribution in [3.05, 3.63) is 76.4 Å². The second-order valence-electron chi connectivity index (χ2n) is 5.59. The van der Waals surface area contributed by atoms with Crippen LogP contribution in [0.1, 0.15) is 47.8 Å². The Labute approximate surface area is 150 Å². The molecule has 0 aliphatic carbocycles. The van der Waals surface area contributed by atoms with E-state index in [0.717, 1.165) is 23.8 Å². The van der Waals surface area contributed by atoms with Gasteiger partial charge in [-0.1, -0.05) is 29.8 Å². The fourth-order valence-corrected chi connectivity index (χ4v) is 2.49. The van der Waals surface area contributed by atoms with Gasteiger partial charge < -0.3 is 14.6 Å². The Hall–Kier alpha value is -3.25. The van der Waals surface area contributed by atoms with E-state index in [4.69, 9.17) is 9.84 Å². The number of carbonyl (C=O) groups is 3. The van der Waals surface area contributed by atoms with Crippen molar-refractivity contribution >= 4 is 23.7 Å². The third kappa shape index (κ3) is 3.70. The molecule has 0 atom stereocenters. The van der Waals surface area contributed by atoms with Crippen LogP contribution < -0.4 is 0 Å². The molecule has 0 bridgehead atoms.